The lowest BCUT2D eigenvalue weighted by atomic mass is 10.2. The Labute approximate surface area is 162 Å². The number of amides is 2. The molecule has 2 aromatic carbocycles. The van der Waals surface area contributed by atoms with E-state index in [1.54, 1.807) is 43.3 Å². The topological polar surface area (TPSA) is 112 Å². The van der Waals surface area contributed by atoms with Gasteiger partial charge in [0.2, 0.25) is 0 Å². The summed E-state index contributed by atoms with van der Waals surface area (Å²) < 4.78 is 0.538. The predicted molar refractivity (Wildman–Crippen MR) is 100 cm³/mol. The molecular weight excluding hydrogens is 416 g/mol. The van der Waals surface area contributed by atoms with Crippen molar-refractivity contribution >= 4 is 45.1 Å². The SMILES string of the molecule is CC1=NN(C(=O)c2ccccc2Br)C(=O)C1N=Nc1ccccc1C(=O)O. The summed E-state index contributed by atoms with van der Waals surface area (Å²) in [7, 11) is 0. The maximum atomic E-state index is 12.6. The van der Waals surface area contributed by atoms with Crippen LogP contribution in [-0.4, -0.2) is 39.7 Å². The molecule has 2 amide bonds. The van der Waals surface area contributed by atoms with E-state index in [2.05, 4.69) is 31.3 Å². The van der Waals surface area contributed by atoms with E-state index < -0.39 is 23.8 Å². The number of imide groups is 1. The number of carbonyl (C=O) groups excluding carboxylic acids is 2. The first-order valence-electron chi connectivity index (χ1n) is 7.81. The number of rotatable bonds is 4. The highest BCUT2D eigenvalue weighted by atomic mass is 79.9. The molecule has 27 heavy (non-hydrogen) atoms. The second-order valence-corrected chi connectivity index (χ2v) is 6.47. The number of azo groups is 1. The van der Waals surface area contributed by atoms with Crippen molar-refractivity contribution in [3.8, 4) is 0 Å². The first-order valence-corrected chi connectivity index (χ1v) is 8.60. The lowest BCUT2D eigenvalue weighted by Crippen LogP contribution is -2.34. The smallest absolute Gasteiger partial charge is 0.337 e. The molecule has 0 aliphatic carbocycles. The van der Waals surface area contributed by atoms with E-state index in [4.69, 9.17) is 0 Å². The van der Waals surface area contributed by atoms with E-state index >= 15 is 0 Å². The quantitative estimate of drug-likeness (QED) is 0.591. The van der Waals surface area contributed by atoms with Crippen LogP contribution in [0.25, 0.3) is 0 Å². The minimum atomic E-state index is -1.15. The van der Waals surface area contributed by atoms with E-state index in [9.17, 15) is 19.5 Å². The molecule has 1 unspecified atom stereocenters. The molecule has 0 spiro atoms. The Balaban J connectivity index is 1.85. The van der Waals surface area contributed by atoms with Crippen molar-refractivity contribution in [1.29, 1.82) is 0 Å². The Kier molecular flexibility index (Phi) is 5.22. The summed E-state index contributed by atoms with van der Waals surface area (Å²) in [5, 5.41) is 21.7. The zero-order valence-electron chi connectivity index (χ0n) is 14.0. The Hall–Kier alpha value is -3.20. The van der Waals surface area contributed by atoms with E-state index in [-0.39, 0.29) is 22.5 Å². The minimum Gasteiger partial charge on any atom is -0.478 e. The normalized spacial score (nSPS) is 16.7. The van der Waals surface area contributed by atoms with Gasteiger partial charge in [0.05, 0.1) is 22.5 Å². The number of carboxylic acid groups (broad SMARTS) is 1. The second-order valence-electron chi connectivity index (χ2n) is 5.62. The summed E-state index contributed by atoms with van der Waals surface area (Å²) in [6, 6.07) is 11.6. The van der Waals surface area contributed by atoms with E-state index in [1.807, 2.05) is 0 Å². The zero-order chi connectivity index (χ0) is 19.6. The summed E-state index contributed by atoms with van der Waals surface area (Å²) in [4.78, 5) is 36.4. The Morgan fingerprint density at radius 1 is 1.11 bits per heavy atom. The van der Waals surface area contributed by atoms with Crippen LogP contribution < -0.4 is 0 Å². The van der Waals surface area contributed by atoms with Gasteiger partial charge in [0.1, 0.15) is 0 Å². The standard InChI is InChI=1S/C18H13BrN4O4/c1-10-15(21-20-14-9-5-3-7-12(14)18(26)27)17(25)23(22-10)16(24)11-6-2-4-8-13(11)19/h2-9,15H,1H3,(H,26,27). The van der Waals surface area contributed by atoms with Crippen LogP contribution in [0.15, 0.2) is 68.3 Å². The monoisotopic (exact) mass is 428 g/mol. The van der Waals surface area contributed by atoms with E-state index in [0.29, 0.717) is 4.47 Å². The van der Waals surface area contributed by atoms with Crippen molar-refractivity contribution in [2.24, 2.45) is 15.3 Å². The van der Waals surface area contributed by atoms with E-state index in [1.165, 1.54) is 12.1 Å². The van der Waals surface area contributed by atoms with Crippen molar-refractivity contribution in [2.75, 3.05) is 0 Å². The van der Waals surface area contributed by atoms with Crippen molar-refractivity contribution in [3.05, 3.63) is 64.1 Å². The average Bonchev–Trinajstić information content (AvgIpc) is 2.94. The maximum absolute atomic E-state index is 12.6. The first kappa shape index (κ1) is 18.6. The number of carbonyl (C=O) groups is 3. The molecule has 2 aromatic rings. The first-order chi connectivity index (χ1) is 12.9. The molecule has 1 aliphatic heterocycles. The van der Waals surface area contributed by atoms with Crippen LogP contribution >= 0.6 is 15.9 Å². The number of halogens is 1. The lowest BCUT2D eigenvalue weighted by Gasteiger charge is -2.11. The molecule has 136 valence electrons. The zero-order valence-corrected chi connectivity index (χ0v) is 15.6. The van der Waals surface area contributed by atoms with Crippen molar-refractivity contribution in [2.45, 2.75) is 13.0 Å². The molecule has 0 aromatic heterocycles. The number of hydrogen-bond donors (Lipinski definition) is 1. The lowest BCUT2D eigenvalue weighted by molar-refractivity contribution is -0.127. The molecule has 1 atom stereocenters. The molecule has 8 nitrogen and oxygen atoms in total. The predicted octanol–water partition coefficient (Wildman–Crippen LogP) is 3.66. The Morgan fingerprint density at radius 2 is 1.74 bits per heavy atom. The van der Waals surface area contributed by atoms with Crippen LogP contribution in [0.4, 0.5) is 5.69 Å². The molecule has 0 saturated heterocycles. The van der Waals surface area contributed by atoms with Gasteiger partial charge in [-0.2, -0.15) is 20.3 Å². The maximum Gasteiger partial charge on any atom is 0.337 e. The largest absolute Gasteiger partial charge is 0.478 e. The number of hydrogen-bond acceptors (Lipinski definition) is 6. The van der Waals surface area contributed by atoms with Crippen LogP contribution in [0.1, 0.15) is 27.6 Å². The van der Waals surface area contributed by atoms with Gasteiger partial charge in [0.25, 0.3) is 11.8 Å². The van der Waals surface area contributed by atoms with Crippen LogP contribution in [-0.2, 0) is 4.79 Å². The Morgan fingerprint density at radius 3 is 2.41 bits per heavy atom. The Bertz CT molecular complexity index is 1000. The fraction of sp³-hybridized carbons (Fsp3) is 0.111. The van der Waals surface area contributed by atoms with Crippen molar-refractivity contribution < 1.29 is 19.5 Å². The van der Waals surface area contributed by atoms with Crippen LogP contribution in [0, 0.1) is 0 Å². The van der Waals surface area contributed by atoms with Crippen LogP contribution in [0.3, 0.4) is 0 Å². The molecule has 9 heteroatoms. The molecule has 0 fully saturated rings. The molecule has 1 aliphatic rings. The highest BCUT2D eigenvalue weighted by molar-refractivity contribution is 9.10. The van der Waals surface area contributed by atoms with Crippen LogP contribution in [0.2, 0.25) is 0 Å². The van der Waals surface area contributed by atoms with Gasteiger partial charge in [-0.3, -0.25) is 9.59 Å². The van der Waals surface area contributed by atoms with Gasteiger partial charge in [-0.05, 0) is 47.1 Å². The third-order valence-corrected chi connectivity index (χ3v) is 4.50. The summed E-state index contributed by atoms with van der Waals surface area (Å²) in [5.41, 5.74) is 0.650. The third-order valence-electron chi connectivity index (χ3n) is 3.81. The third kappa shape index (κ3) is 3.68. The van der Waals surface area contributed by atoms with Gasteiger partial charge in [0, 0.05) is 4.47 Å². The fourth-order valence-electron chi connectivity index (χ4n) is 2.45. The summed E-state index contributed by atoms with van der Waals surface area (Å²) in [6.45, 7) is 1.55. The van der Waals surface area contributed by atoms with Gasteiger partial charge < -0.3 is 5.11 Å². The summed E-state index contributed by atoms with van der Waals surface area (Å²) >= 11 is 3.27. The van der Waals surface area contributed by atoms with E-state index in [0.717, 1.165) is 5.01 Å². The number of aromatic carboxylic acids is 1. The summed E-state index contributed by atoms with van der Waals surface area (Å²) in [6.07, 6.45) is 0. The number of carboxylic acids is 1. The molecular formula is C18H13BrN4O4. The van der Waals surface area contributed by atoms with Gasteiger partial charge >= 0.3 is 5.97 Å². The molecule has 0 saturated carbocycles. The second kappa shape index (κ2) is 7.58. The molecule has 0 bridgehead atoms. The molecule has 1 heterocycles. The highest BCUT2D eigenvalue weighted by Crippen LogP contribution is 2.24. The number of nitrogens with zero attached hydrogens (tertiary/aromatic N) is 4. The minimum absolute atomic E-state index is 0.0394. The number of hydrazone groups is 1. The van der Waals surface area contributed by atoms with Gasteiger partial charge in [0.15, 0.2) is 6.04 Å². The fourth-order valence-corrected chi connectivity index (χ4v) is 2.90. The number of benzene rings is 2. The molecule has 0 radical (unpaired) electrons. The van der Waals surface area contributed by atoms with Gasteiger partial charge in [-0.15, -0.1) is 0 Å². The van der Waals surface area contributed by atoms with Gasteiger partial charge in [-0.25, -0.2) is 4.79 Å². The van der Waals surface area contributed by atoms with Crippen LogP contribution in [0.5, 0.6) is 0 Å². The van der Waals surface area contributed by atoms with Gasteiger partial charge in [-0.1, -0.05) is 24.3 Å². The summed E-state index contributed by atoms with van der Waals surface area (Å²) in [5.74, 6) is -2.39. The van der Waals surface area contributed by atoms with Crippen molar-refractivity contribution in [3.63, 3.8) is 0 Å². The molecule has 1 N–H and O–H groups in total. The van der Waals surface area contributed by atoms with Crippen molar-refractivity contribution in [1.82, 2.24) is 5.01 Å². The molecule has 3 rings (SSSR count). The average molecular weight is 429 g/mol. The highest BCUT2D eigenvalue weighted by Gasteiger charge is 2.38.